The first-order valence-corrected chi connectivity index (χ1v) is 8.71. The van der Waals surface area contributed by atoms with Crippen LogP contribution in [0.3, 0.4) is 0 Å². The lowest BCUT2D eigenvalue weighted by molar-refractivity contribution is 0.379. The van der Waals surface area contributed by atoms with Gasteiger partial charge < -0.3 is 10.5 Å². The van der Waals surface area contributed by atoms with E-state index in [1.54, 1.807) is 11.3 Å². The van der Waals surface area contributed by atoms with Crippen LogP contribution in [0.1, 0.15) is 41.8 Å². The van der Waals surface area contributed by atoms with Crippen molar-refractivity contribution in [1.82, 2.24) is 10.2 Å². The van der Waals surface area contributed by atoms with Crippen molar-refractivity contribution in [2.75, 3.05) is 0 Å². The average molecular weight is 379 g/mol. The van der Waals surface area contributed by atoms with Gasteiger partial charge in [0, 0.05) is 20.4 Å². The number of unbranched alkanes of at least 4 members (excludes halogenated alkanes) is 1. The summed E-state index contributed by atoms with van der Waals surface area (Å²) in [7, 11) is 0. The fourth-order valence-electron chi connectivity index (χ4n) is 2.62. The highest BCUT2D eigenvalue weighted by molar-refractivity contribution is 9.10. The van der Waals surface area contributed by atoms with Crippen molar-refractivity contribution in [2.24, 2.45) is 5.73 Å². The molecule has 2 aromatic rings. The Morgan fingerprint density at radius 1 is 1.59 bits per heavy atom. The van der Waals surface area contributed by atoms with E-state index in [4.69, 9.17) is 10.5 Å². The van der Waals surface area contributed by atoms with E-state index in [-0.39, 0.29) is 11.8 Å². The SMILES string of the molecule is CCCCc1[nH]nc2c1[C@H](c1cc(Br)cs1)C(C#N)=C(N)O2. The van der Waals surface area contributed by atoms with Gasteiger partial charge in [0.05, 0.1) is 11.5 Å². The van der Waals surface area contributed by atoms with E-state index >= 15 is 0 Å². The van der Waals surface area contributed by atoms with Crippen LogP contribution in [0.2, 0.25) is 0 Å². The van der Waals surface area contributed by atoms with Gasteiger partial charge in [0.1, 0.15) is 11.6 Å². The number of nitriles is 1. The minimum absolute atomic E-state index is 0.137. The predicted octanol–water partition coefficient (Wildman–Crippen LogP) is 3.79. The van der Waals surface area contributed by atoms with Gasteiger partial charge in [-0.15, -0.1) is 16.4 Å². The molecule has 0 spiro atoms. The Morgan fingerprint density at radius 3 is 3.05 bits per heavy atom. The first-order valence-electron chi connectivity index (χ1n) is 7.04. The van der Waals surface area contributed by atoms with E-state index < -0.39 is 0 Å². The molecule has 0 radical (unpaired) electrons. The number of nitrogens with two attached hydrogens (primary N) is 1. The first-order chi connectivity index (χ1) is 10.7. The number of allylic oxidation sites excluding steroid dienone is 1. The van der Waals surface area contributed by atoms with Crippen molar-refractivity contribution in [2.45, 2.75) is 32.1 Å². The van der Waals surface area contributed by atoms with Gasteiger partial charge in [0.15, 0.2) is 0 Å². The lowest BCUT2D eigenvalue weighted by atomic mass is 9.88. The highest BCUT2D eigenvalue weighted by atomic mass is 79.9. The summed E-state index contributed by atoms with van der Waals surface area (Å²) in [5.74, 6) is 0.408. The molecule has 3 heterocycles. The molecule has 0 saturated carbocycles. The van der Waals surface area contributed by atoms with Gasteiger partial charge in [-0.25, -0.2) is 0 Å². The van der Waals surface area contributed by atoms with Gasteiger partial charge in [-0.1, -0.05) is 13.3 Å². The minimum Gasteiger partial charge on any atom is -0.420 e. The third-order valence-electron chi connectivity index (χ3n) is 3.67. The summed E-state index contributed by atoms with van der Waals surface area (Å²) in [6, 6.07) is 4.22. The molecule has 0 fully saturated rings. The van der Waals surface area contributed by atoms with Crippen LogP contribution in [0.15, 0.2) is 27.4 Å². The number of thiophene rings is 1. The Labute approximate surface area is 140 Å². The Bertz CT molecular complexity index is 771. The predicted molar refractivity (Wildman–Crippen MR) is 88.5 cm³/mol. The number of H-pyrrole nitrogens is 1. The van der Waals surface area contributed by atoms with Gasteiger partial charge in [-0.05, 0) is 34.8 Å². The number of hydrogen-bond donors (Lipinski definition) is 2. The highest BCUT2D eigenvalue weighted by Gasteiger charge is 2.35. The second-order valence-corrected chi connectivity index (χ2v) is 6.98. The number of hydrogen-bond acceptors (Lipinski definition) is 5. The molecule has 3 rings (SSSR count). The number of nitrogens with zero attached hydrogens (tertiary/aromatic N) is 2. The molecule has 5 nitrogen and oxygen atoms in total. The van der Waals surface area contributed by atoms with Crippen molar-refractivity contribution < 1.29 is 4.74 Å². The summed E-state index contributed by atoms with van der Waals surface area (Å²) >= 11 is 5.06. The quantitative estimate of drug-likeness (QED) is 0.846. The molecule has 0 aliphatic carbocycles. The molecule has 1 aliphatic rings. The topological polar surface area (TPSA) is 87.7 Å². The van der Waals surface area contributed by atoms with Crippen LogP contribution in [0.5, 0.6) is 5.88 Å². The molecular weight excluding hydrogens is 364 g/mol. The molecule has 1 aliphatic heterocycles. The number of halogens is 1. The van der Waals surface area contributed by atoms with Crippen molar-refractivity contribution in [1.29, 1.82) is 5.26 Å². The Kier molecular flexibility index (Phi) is 4.23. The standard InChI is InChI=1S/C15H15BrN4OS/c1-2-3-4-10-13-12(11-5-8(16)7-22-11)9(6-17)14(18)21-15(13)20-19-10/h5,7,12H,2-4,18H2,1H3,(H,19,20)/t12-/m0/s1. The number of fused-ring (bicyclic) bond motifs is 1. The molecule has 2 aromatic heterocycles. The zero-order valence-corrected chi connectivity index (χ0v) is 14.4. The molecule has 0 unspecified atom stereocenters. The Morgan fingerprint density at radius 2 is 2.41 bits per heavy atom. The van der Waals surface area contributed by atoms with E-state index in [1.807, 2.05) is 11.4 Å². The van der Waals surface area contributed by atoms with Crippen LogP contribution < -0.4 is 10.5 Å². The fraction of sp³-hybridized carbons (Fsp3) is 0.333. The van der Waals surface area contributed by atoms with E-state index in [1.165, 1.54) is 0 Å². The molecule has 114 valence electrons. The second kappa shape index (κ2) is 6.15. The number of ether oxygens (including phenoxy) is 1. The normalized spacial score (nSPS) is 17.0. The maximum atomic E-state index is 9.52. The summed E-state index contributed by atoms with van der Waals surface area (Å²) < 4.78 is 6.54. The molecular formula is C15H15BrN4OS. The Hall–Kier alpha value is -1.78. The van der Waals surface area contributed by atoms with Crippen molar-refractivity contribution in [3.63, 3.8) is 0 Å². The number of aromatic amines is 1. The summed E-state index contributed by atoms with van der Waals surface area (Å²) in [5.41, 5.74) is 8.33. The number of nitrogens with one attached hydrogen (secondary N) is 1. The smallest absolute Gasteiger partial charge is 0.244 e. The second-order valence-electron chi connectivity index (χ2n) is 5.12. The van der Waals surface area contributed by atoms with Crippen LogP contribution in [-0.4, -0.2) is 10.2 Å². The Balaban J connectivity index is 2.13. The molecule has 1 atom stereocenters. The van der Waals surface area contributed by atoms with Crippen LogP contribution in [-0.2, 0) is 6.42 Å². The summed E-state index contributed by atoms with van der Waals surface area (Å²) in [5, 5.41) is 18.8. The molecule has 7 heteroatoms. The average Bonchev–Trinajstić information content (AvgIpc) is 3.10. The maximum Gasteiger partial charge on any atom is 0.244 e. The van der Waals surface area contributed by atoms with Crippen LogP contribution in [0.25, 0.3) is 0 Å². The largest absolute Gasteiger partial charge is 0.420 e. The van der Waals surface area contributed by atoms with Gasteiger partial charge in [-0.3, -0.25) is 5.10 Å². The van der Waals surface area contributed by atoms with E-state index in [0.29, 0.717) is 11.5 Å². The number of rotatable bonds is 4. The molecule has 0 bridgehead atoms. The zero-order valence-electron chi connectivity index (χ0n) is 12.0. The molecule has 0 aromatic carbocycles. The molecule has 0 amide bonds. The lowest BCUT2D eigenvalue weighted by Crippen LogP contribution is -2.20. The highest BCUT2D eigenvalue weighted by Crippen LogP contribution is 2.45. The van der Waals surface area contributed by atoms with E-state index in [9.17, 15) is 5.26 Å². The third kappa shape index (κ3) is 2.53. The maximum absolute atomic E-state index is 9.52. The van der Waals surface area contributed by atoms with Gasteiger partial charge in [-0.2, -0.15) is 5.26 Å². The van der Waals surface area contributed by atoms with E-state index in [2.05, 4.69) is 39.1 Å². The van der Waals surface area contributed by atoms with Crippen molar-refractivity contribution >= 4 is 27.3 Å². The summed E-state index contributed by atoms with van der Waals surface area (Å²) in [6.45, 7) is 2.14. The van der Waals surface area contributed by atoms with Gasteiger partial charge in [0.25, 0.3) is 0 Å². The van der Waals surface area contributed by atoms with Crippen molar-refractivity contribution in [3.8, 4) is 11.9 Å². The third-order valence-corrected chi connectivity index (χ3v) is 5.43. The van der Waals surface area contributed by atoms with Gasteiger partial charge >= 0.3 is 0 Å². The molecule has 0 saturated heterocycles. The fourth-order valence-corrected chi connectivity index (χ4v) is 4.18. The number of aromatic nitrogens is 2. The molecule has 3 N–H and O–H groups in total. The summed E-state index contributed by atoms with van der Waals surface area (Å²) in [6.07, 6.45) is 3.02. The van der Waals surface area contributed by atoms with Crippen LogP contribution >= 0.6 is 27.3 Å². The number of aryl methyl sites for hydroxylation is 1. The van der Waals surface area contributed by atoms with Crippen LogP contribution in [0.4, 0.5) is 0 Å². The minimum atomic E-state index is -0.212. The first kappa shape index (κ1) is 15.1. The zero-order chi connectivity index (χ0) is 15.7. The van der Waals surface area contributed by atoms with Crippen LogP contribution in [0, 0.1) is 11.3 Å². The monoisotopic (exact) mass is 378 g/mol. The molecule has 22 heavy (non-hydrogen) atoms. The lowest BCUT2D eigenvalue weighted by Gasteiger charge is -2.22. The van der Waals surface area contributed by atoms with E-state index in [0.717, 1.165) is 39.9 Å². The summed E-state index contributed by atoms with van der Waals surface area (Å²) in [4.78, 5) is 1.05. The van der Waals surface area contributed by atoms with Crippen molar-refractivity contribution in [3.05, 3.63) is 43.5 Å². The van der Waals surface area contributed by atoms with Gasteiger partial charge in [0.2, 0.25) is 11.8 Å².